The van der Waals surface area contributed by atoms with Gasteiger partial charge >= 0.3 is 6.03 Å². The van der Waals surface area contributed by atoms with Gasteiger partial charge in [0, 0.05) is 33.3 Å². The Morgan fingerprint density at radius 1 is 1.41 bits per heavy atom. The molecule has 1 fully saturated rings. The molecule has 17 heavy (non-hydrogen) atoms. The van der Waals surface area contributed by atoms with Crippen LogP contribution < -0.4 is 0 Å². The first kappa shape index (κ1) is 14.3. The average Bonchev–Trinajstić information content (AvgIpc) is 2.34. The lowest BCUT2D eigenvalue weighted by Crippen LogP contribution is -2.49. The molecule has 0 bridgehead atoms. The highest BCUT2D eigenvalue weighted by atomic mass is 16.5. The molecule has 0 aromatic heterocycles. The highest BCUT2D eigenvalue weighted by molar-refractivity contribution is 5.74. The Bertz CT molecular complexity index is 228. The van der Waals surface area contributed by atoms with Gasteiger partial charge in [0.2, 0.25) is 0 Å². The molecule has 0 spiro atoms. The Morgan fingerprint density at radius 3 is 2.59 bits per heavy atom. The summed E-state index contributed by atoms with van der Waals surface area (Å²) in [6, 6.07) is 0.110. The summed E-state index contributed by atoms with van der Waals surface area (Å²) in [5.74, 6) is 0.469. The average molecular weight is 244 g/mol. The fourth-order valence-corrected chi connectivity index (χ4v) is 1.86. The standard InChI is InChI=1S/C12H24N2O3/c1-11(2)10-14(4-7-16-3)12(15)13-5-8-17-9-6-13/h11H,4-10H2,1-3H3. The number of hydrogen-bond acceptors (Lipinski definition) is 3. The van der Waals surface area contributed by atoms with Crippen molar-refractivity contribution >= 4 is 6.03 Å². The van der Waals surface area contributed by atoms with Crippen LogP contribution in [0.3, 0.4) is 0 Å². The van der Waals surface area contributed by atoms with Crippen molar-refractivity contribution in [1.29, 1.82) is 0 Å². The zero-order valence-electron chi connectivity index (χ0n) is 11.1. The smallest absolute Gasteiger partial charge is 0.320 e. The first-order valence-electron chi connectivity index (χ1n) is 6.25. The normalized spacial score (nSPS) is 16.4. The van der Waals surface area contributed by atoms with Crippen molar-refractivity contribution in [2.24, 2.45) is 5.92 Å². The Morgan fingerprint density at radius 2 is 2.06 bits per heavy atom. The molecule has 0 aromatic carbocycles. The van der Waals surface area contributed by atoms with Gasteiger partial charge in [-0.05, 0) is 5.92 Å². The van der Waals surface area contributed by atoms with Crippen molar-refractivity contribution in [2.45, 2.75) is 13.8 Å². The number of ether oxygens (including phenoxy) is 2. The number of amides is 2. The number of hydrogen-bond donors (Lipinski definition) is 0. The SMILES string of the molecule is COCCN(CC(C)C)C(=O)N1CCOCC1. The van der Waals surface area contributed by atoms with E-state index in [-0.39, 0.29) is 6.03 Å². The largest absolute Gasteiger partial charge is 0.383 e. The van der Waals surface area contributed by atoms with E-state index in [2.05, 4.69) is 13.8 Å². The van der Waals surface area contributed by atoms with E-state index in [1.807, 2.05) is 9.80 Å². The molecular formula is C12H24N2O3. The van der Waals surface area contributed by atoms with Gasteiger partial charge in [-0.15, -0.1) is 0 Å². The van der Waals surface area contributed by atoms with E-state index in [9.17, 15) is 4.79 Å². The predicted octanol–water partition coefficient (Wildman–Crippen LogP) is 1.04. The summed E-state index contributed by atoms with van der Waals surface area (Å²) in [5, 5.41) is 0. The summed E-state index contributed by atoms with van der Waals surface area (Å²) in [7, 11) is 1.66. The predicted molar refractivity (Wildman–Crippen MR) is 66.1 cm³/mol. The maximum atomic E-state index is 12.3. The summed E-state index contributed by atoms with van der Waals surface area (Å²) >= 11 is 0. The van der Waals surface area contributed by atoms with Crippen molar-refractivity contribution in [3.8, 4) is 0 Å². The molecule has 1 aliphatic heterocycles. The molecule has 0 aromatic rings. The first-order chi connectivity index (χ1) is 8.15. The molecule has 1 aliphatic rings. The van der Waals surface area contributed by atoms with Gasteiger partial charge < -0.3 is 19.3 Å². The van der Waals surface area contributed by atoms with Crippen molar-refractivity contribution < 1.29 is 14.3 Å². The van der Waals surface area contributed by atoms with Crippen molar-refractivity contribution in [1.82, 2.24) is 9.80 Å². The van der Waals surface area contributed by atoms with E-state index in [1.54, 1.807) is 7.11 Å². The minimum Gasteiger partial charge on any atom is -0.383 e. The van der Waals surface area contributed by atoms with Crippen LogP contribution in [-0.4, -0.2) is 68.9 Å². The van der Waals surface area contributed by atoms with Crippen molar-refractivity contribution in [3.63, 3.8) is 0 Å². The maximum Gasteiger partial charge on any atom is 0.320 e. The van der Waals surface area contributed by atoms with Gasteiger partial charge in [0.05, 0.1) is 19.8 Å². The second-order valence-electron chi connectivity index (χ2n) is 4.71. The fourth-order valence-electron chi connectivity index (χ4n) is 1.86. The van der Waals surface area contributed by atoms with E-state index >= 15 is 0 Å². The molecule has 100 valence electrons. The molecule has 0 saturated carbocycles. The molecule has 0 N–H and O–H groups in total. The molecule has 5 nitrogen and oxygen atoms in total. The van der Waals surface area contributed by atoms with Crippen molar-refractivity contribution in [3.05, 3.63) is 0 Å². The minimum atomic E-state index is 0.110. The van der Waals surface area contributed by atoms with Crippen LogP contribution in [0.25, 0.3) is 0 Å². The van der Waals surface area contributed by atoms with Crippen LogP contribution in [0.2, 0.25) is 0 Å². The maximum absolute atomic E-state index is 12.3. The van der Waals surface area contributed by atoms with E-state index in [0.29, 0.717) is 45.4 Å². The van der Waals surface area contributed by atoms with Crippen LogP contribution in [0.5, 0.6) is 0 Å². The van der Waals surface area contributed by atoms with Crippen LogP contribution in [-0.2, 0) is 9.47 Å². The lowest BCUT2D eigenvalue weighted by molar-refractivity contribution is 0.0396. The monoisotopic (exact) mass is 244 g/mol. The third-order valence-electron chi connectivity index (χ3n) is 2.70. The van der Waals surface area contributed by atoms with Crippen molar-refractivity contribution in [2.75, 3.05) is 53.1 Å². The van der Waals surface area contributed by atoms with Gasteiger partial charge in [-0.3, -0.25) is 0 Å². The lowest BCUT2D eigenvalue weighted by atomic mass is 10.2. The quantitative estimate of drug-likeness (QED) is 0.726. The summed E-state index contributed by atoms with van der Waals surface area (Å²) in [5.41, 5.74) is 0. The highest BCUT2D eigenvalue weighted by Crippen LogP contribution is 2.06. The number of urea groups is 1. The molecule has 1 rings (SSSR count). The third kappa shape index (κ3) is 4.91. The Kier molecular flexibility index (Phi) is 6.29. The summed E-state index contributed by atoms with van der Waals surface area (Å²) in [6.45, 7) is 8.93. The van der Waals surface area contributed by atoms with Gasteiger partial charge in [-0.2, -0.15) is 0 Å². The highest BCUT2D eigenvalue weighted by Gasteiger charge is 2.22. The topological polar surface area (TPSA) is 42.0 Å². The Balaban J connectivity index is 2.50. The molecule has 5 heteroatoms. The van der Waals surface area contributed by atoms with Gasteiger partial charge in [0.1, 0.15) is 0 Å². The Hall–Kier alpha value is -0.810. The van der Waals surface area contributed by atoms with Gasteiger partial charge in [-0.1, -0.05) is 13.8 Å². The van der Waals surface area contributed by atoms with Gasteiger partial charge in [0.25, 0.3) is 0 Å². The molecule has 2 amide bonds. The van der Waals surface area contributed by atoms with Crippen LogP contribution in [0.1, 0.15) is 13.8 Å². The van der Waals surface area contributed by atoms with Crippen LogP contribution in [0, 0.1) is 5.92 Å². The van der Waals surface area contributed by atoms with Crippen LogP contribution in [0.15, 0.2) is 0 Å². The zero-order chi connectivity index (χ0) is 12.7. The molecule has 0 aliphatic carbocycles. The van der Waals surface area contributed by atoms with Crippen LogP contribution >= 0.6 is 0 Å². The number of carbonyl (C=O) groups is 1. The molecular weight excluding hydrogens is 220 g/mol. The number of rotatable bonds is 5. The molecule has 0 unspecified atom stereocenters. The first-order valence-corrected chi connectivity index (χ1v) is 6.25. The Labute approximate surface area is 104 Å². The number of morpholine rings is 1. The van der Waals surface area contributed by atoms with E-state index in [0.717, 1.165) is 6.54 Å². The summed E-state index contributed by atoms with van der Waals surface area (Å²) in [6.07, 6.45) is 0. The molecule has 0 radical (unpaired) electrons. The fraction of sp³-hybridized carbons (Fsp3) is 0.917. The minimum absolute atomic E-state index is 0.110. The molecule has 0 atom stereocenters. The van der Waals surface area contributed by atoms with E-state index < -0.39 is 0 Å². The van der Waals surface area contributed by atoms with E-state index in [4.69, 9.17) is 9.47 Å². The van der Waals surface area contributed by atoms with E-state index in [1.165, 1.54) is 0 Å². The zero-order valence-corrected chi connectivity index (χ0v) is 11.1. The second kappa shape index (κ2) is 7.50. The van der Waals surface area contributed by atoms with Crippen LogP contribution in [0.4, 0.5) is 4.79 Å². The number of carbonyl (C=O) groups excluding carboxylic acids is 1. The number of nitrogens with zero attached hydrogens (tertiary/aromatic N) is 2. The summed E-state index contributed by atoms with van der Waals surface area (Å²) < 4.78 is 10.3. The third-order valence-corrected chi connectivity index (χ3v) is 2.70. The van der Waals surface area contributed by atoms with Gasteiger partial charge in [0.15, 0.2) is 0 Å². The summed E-state index contributed by atoms with van der Waals surface area (Å²) in [4.78, 5) is 16.0. The van der Waals surface area contributed by atoms with Gasteiger partial charge in [-0.25, -0.2) is 4.79 Å². The molecule has 1 heterocycles. The lowest BCUT2D eigenvalue weighted by Gasteiger charge is -2.33. The second-order valence-corrected chi connectivity index (χ2v) is 4.71. The molecule has 1 saturated heterocycles. The number of methoxy groups -OCH3 is 1.